The molecule has 1 rings (SSSR count). The summed E-state index contributed by atoms with van der Waals surface area (Å²) in [7, 11) is 0. The van der Waals surface area contributed by atoms with Crippen LogP contribution in [0.5, 0.6) is 5.88 Å². The van der Waals surface area contributed by atoms with Crippen LogP contribution in [0.1, 0.15) is 51.5 Å². The highest BCUT2D eigenvalue weighted by Gasteiger charge is 2.04. The molecule has 1 unspecified atom stereocenters. The molecule has 0 N–H and O–H groups in total. The number of hydrogen-bond acceptors (Lipinski definition) is 3. The average molecular weight is 232 g/mol. The molecule has 0 bridgehead atoms. The first-order valence-electron chi connectivity index (χ1n) is 6.29. The number of rotatable bonds is 7. The van der Waals surface area contributed by atoms with Gasteiger partial charge in [0.1, 0.15) is 6.07 Å². The first-order chi connectivity index (χ1) is 8.26. The Kier molecular flexibility index (Phi) is 6.09. The zero-order valence-electron chi connectivity index (χ0n) is 10.6. The summed E-state index contributed by atoms with van der Waals surface area (Å²) in [5.41, 5.74) is 0.563. The summed E-state index contributed by atoms with van der Waals surface area (Å²) in [5, 5.41) is 8.65. The van der Waals surface area contributed by atoms with Gasteiger partial charge < -0.3 is 4.74 Å². The Bertz CT molecular complexity index is 353. The summed E-state index contributed by atoms with van der Waals surface area (Å²) in [6, 6.07) is 5.52. The van der Waals surface area contributed by atoms with Crippen molar-refractivity contribution in [3.8, 4) is 11.9 Å². The lowest BCUT2D eigenvalue weighted by molar-refractivity contribution is 0.198. The summed E-state index contributed by atoms with van der Waals surface area (Å²) in [6.45, 7) is 4.27. The van der Waals surface area contributed by atoms with E-state index in [4.69, 9.17) is 10.00 Å². The SMILES string of the molecule is CCCCCCC(C)Oc1ccc(C#N)cn1. The summed E-state index contributed by atoms with van der Waals surface area (Å²) < 4.78 is 5.67. The van der Waals surface area contributed by atoms with Crippen molar-refractivity contribution in [2.75, 3.05) is 0 Å². The first-order valence-corrected chi connectivity index (χ1v) is 6.29. The topological polar surface area (TPSA) is 45.9 Å². The van der Waals surface area contributed by atoms with Crippen LogP contribution in [0.25, 0.3) is 0 Å². The molecule has 92 valence electrons. The predicted octanol–water partition coefficient (Wildman–Crippen LogP) is 3.69. The maximum atomic E-state index is 8.65. The molecule has 1 heterocycles. The largest absolute Gasteiger partial charge is 0.475 e. The molecule has 0 radical (unpaired) electrons. The van der Waals surface area contributed by atoms with Crippen LogP contribution in [0.3, 0.4) is 0 Å². The van der Waals surface area contributed by atoms with Crippen molar-refractivity contribution in [1.82, 2.24) is 4.98 Å². The van der Waals surface area contributed by atoms with Crippen LogP contribution in [0.2, 0.25) is 0 Å². The number of ether oxygens (including phenoxy) is 1. The Morgan fingerprint density at radius 2 is 2.18 bits per heavy atom. The van der Waals surface area contributed by atoms with E-state index in [0.717, 1.165) is 6.42 Å². The molecule has 0 saturated heterocycles. The molecule has 0 aromatic carbocycles. The van der Waals surface area contributed by atoms with E-state index in [-0.39, 0.29) is 6.10 Å². The molecule has 0 saturated carbocycles. The second-order valence-electron chi connectivity index (χ2n) is 4.27. The smallest absolute Gasteiger partial charge is 0.213 e. The Balaban J connectivity index is 2.30. The molecule has 0 fully saturated rings. The quantitative estimate of drug-likeness (QED) is 0.673. The molecule has 3 heteroatoms. The number of nitrogens with zero attached hydrogens (tertiary/aromatic N) is 2. The zero-order chi connectivity index (χ0) is 12.5. The van der Waals surface area contributed by atoms with Gasteiger partial charge in [0.2, 0.25) is 5.88 Å². The molecule has 3 nitrogen and oxygen atoms in total. The lowest BCUT2D eigenvalue weighted by Gasteiger charge is -2.13. The number of hydrogen-bond donors (Lipinski definition) is 0. The Labute approximate surface area is 103 Å². The summed E-state index contributed by atoms with van der Waals surface area (Å²) >= 11 is 0. The molecule has 1 aromatic rings. The predicted molar refractivity (Wildman–Crippen MR) is 67.8 cm³/mol. The normalized spacial score (nSPS) is 11.8. The fourth-order valence-corrected chi connectivity index (χ4v) is 1.64. The third-order valence-electron chi connectivity index (χ3n) is 2.65. The zero-order valence-corrected chi connectivity index (χ0v) is 10.6. The van der Waals surface area contributed by atoms with E-state index < -0.39 is 0 Å². The molecule has 0 amide bonds. The molecule has 0 aliphatic rings. The molecule has 0 aliphatic carbocycles. The second-order valence-corrected chi connectivity index (χ2v) is 4.27. The van der Waals surface area contributed by atoms with Crippen LogP contribution in [-0.4, -0.2) is 11.1 Å². The van der Waals surface area contributed by atoms with Crippen molar-refractivity contribution in [3.05, 3.63) is 23.9 Å². The van der Waals surface area contributed by atoms with Crippen LogP contribution in [0.4, 0.5) is 0 Å². The number of pyridine rings is 1. The summed E-state index contributed by atoms with van der Waals surface area (Å²) in [6.07, 6.45) is 7.80. The first kappa shape index (κ1) is 13.5. The lowest BCUT2D eigenvalue weighted by atomic mass is 10.1. The molecule has 1 aromatic heterocycles. The number of unbranched alkanes of at least 4 members (excludes halogenated alkanes) is 3. The molecular formula is C14H20N2O. The summed E-state index contributed by atoms with van der Waals surface area (Å²) in [5.74, 6) is 0.604. The van der Waals surface area contributed by atoms with Gasteiger partial charge in [0.25, 0.3) is 0 Å². The van der Waals surface area contributed by atoms with Gasteiger partial charge in [-0.3, -0.25) is 0 Å². The summed E-state index contributed by atoms with van der Waals surface area (Å²) in [4.78, 5) is 4.09. The molecule has 0 aliphatic heterocycles. The third-order valence-corrected chi connectivity index (χ3v) is 2.65. The maximum absolute atomic E-state index is 8.65. The van der Waals surface area contributed by atoms with Crippen LogP contribution < -0.4 is 4.74 Å². The van der Waals surface area contributed by atoms with Gasteiger partial charge in [-0.25, -0.2) is 4.98 Å². The highest BCUT2D eigenvalue weighted by Crippen LogP contribution is 2.13. The van der Waals surface area contributed by atoms with E-state index in [1.807, 2.05) is 6.07 Å². The van der Waals surface area contributed by atoms with Gasteiger partial charge in [0.15, 0.2) is 0 Å². The van der Waals surface area contributed by atoms with Crippen molar-refractivity contribution >= 4 is 0 Å². The average Bonchev–Trinajstić information content (AvgIpc) is 2.36. The highest BCUT2D eigenvalue weighted by atomic mass is 16.5. The van der Waals surface area contributed by atoms with Crippen molar-refractivity contribution in [2.45, 2.75) is 52.1 Å². The Morgan fingerprint density at radius 1 is 1.35 bits per heavy atom. The van der Waals surface area contributed by atoms with Gasteiger partial charge >= 0.3 is 0 Å². The molecule has 17 heavy (non-hydrogen) atoms. The second kappa shape index (κ2) is 7.67. The van der Waals surface area contributed by atoms with Gasteiger partial charge in [-0.15, -0.1) is 0 Å². The van der Waals surface area contributed by atoms with E-state index in [9.17, 15) is 0 Å². The van der Waals surface area contributed by atoms with Gasteiger partial charge in [-0.05, 0) is 25.8 Å². The maximum Gasteiger partial charge on any atom is 0.213 e. The van der Waals surface area contributed by atoms with E-state index in [1.54, 1.807) is 18.3 Å². The minimum atomic E-state index is 0.187. The molecule has 0 spiro atoms. The van der Waals surface area contributed by atoms with Crippen molar-refractivity contribution in [1.29, 1.82) is 5.26 Å². The van der Waals surface area contributed by atoms with E-state index in [1.165, 1.54) is 25.7 Å². The Morgan fingerprint density at radius 3 is 2.76 bits per heavy atom. The minimum Gasteiger partial charge on any atom is -0.475 e. The number of aromatic nitrogens is 1. The number of nitriles is 1. The van der Waals surface area contributed by atoms with Gasteiger partial charge in [0.05, 0.1) is 11.7 Å². The monoisotopic (exact) mass is 232 g/mol. The fraction of sp³-hybridized carbons (Fsp3) is 0.571. The van der Waals surface area contributed by atoms with Crippen molar-refractivity contribution in [2.24, 2.45) is 0 Å². The third kappa shape index (κ3) is 5.35. The van der Waals surface area contributed by atoms with E-state index in [0.29, 0.717) is 11.4 Å². The lowest BCUT2D eigenvalue weighted by Crippen LogP contribution is -2.12. The molecular weight excluding hydrogens is 212 g/mol. The van der Waals surface area contributed by atoms with Crippen LogP contribution in [0, 0.1) is 11.3 Å². The van der Waals surface area contributed by atoms with Crippen molar-refractivity contribution < 1.29 is 4.74 Å². The highest BCUT2D eigenvalue weighted by molar-refractivity contribution is 5.28. The van der Waals surface area contributed by atoms with Crippen LogP contribution in [-0.2, 0) is 0 Å². The van der Waals surface area contributed by atoms with Gasteiger partial charge in [-0.2, -0.15) is 5.26 Å². The van der Waals surface area contributed by atoms with Gasteiger partial charge in [0, 0.05) is 12.3 Å². The fourth-order valence-electron chi connectivity index (χ4n) is 1.64. The Hall–Kier alpha value is -1.56. The standard InChI is InChI=1S/C14H20N2O/c1-3-4-5-6-7-12(2)17-14-9-8-13(10-15)11-16-14/h8-9,11-12H,3-7H2,1-2H3. The van der Waals surface area contributed by atoms with E-state index in [2.05, 4.69) is 18.8 Å². The van der Waals surface area contributed by atoms with Crippen LogP contribution in [0.15, 0.2) is 18.3 Å². The minimum absolute atomic E-state index is 0.187. The van der Waals surface area contributed by atoms with Crippen molar-refractivity contribution in [3.63, 3.8) is 0 Å². The van der Waals surface area contributed by atoms with Gasteiger partial charge in [-0.1, -0.05) is 26.2 Å². The van der Waals surface area contributed by atoms with E-state index >= 15 is 0 Å². The van der Waals surface area contributed by atoms with Crippen LogP contribution >= 0.6 is 0 Å². The molecule has 1 atom stereocenters.